The smallest absolute Gasteiger partial charge is 0.0900 e. The monoisotopic (exact) mass is 299 g/mol. The van der Waals surface area contributed by atoms with Crippen LogP contribution in [0.3, 0.4) is 0 Å². The van der Waals surface area contributed by atoms with E-state index in [0.717, 1.165) is 31.1 Å². The van der Waals surface area contributed by atoms with Gasteiger partial charge in [-0.3, -0.25) is 0 Å². The number of ether oxygens (including phenoxy) is 1. The maximum Gasteiger partial charge on any atom is 0.0900 e. The number of hydrogen-bond acceptors (Lipinski definition) is 3. The van der Waals surface area contributed by atoms with Gasteiger partial charge < -0.3 is 14.7 Å². The van der Waals surface area contributed by atoms with Crippen LogP contribution < -0.4 is 0 Å². The number of nitrogens with zero attached hydrogens (tertiary/aromatic N) is 1. The molecule has 0 amide bonds. The molecule has 0 saturated carbocycles. The molecule has 20 heavy (non-hydrogen) atoms. The van der Waals surface area contributed by atoms with Gasteiger partial charge in [0.25, 0.3) is 0 Å². The lowest BCUT2D eigenvalue weighted by molar-refractivity contribution is 0.00497. The fraction of sp³-hybridized carbons (Fsp3) is 0.625. The number of rotatable bonds is 6. The van der Waals surface area contributed by atoms with Gasteiger partial charge in [0, 0.05) is 6.54 Å². The summed E-state index contributed by atoms with van der Waals surface area (Å²) >= 11 is 0. The summed E-state index contributed by atoms with van der Waals surface area (Å²) in [5.74, 6) is 0.836. The Morgan fingerprint density at radius 1 is 1.25 bits per heavy atom. The van der Waals surface area contributed by atoms with E-state index in [1.54, 1.807) is 0 Å². The molecule has 0 spiro atoms. The van der Waals surface area contributed by atoms with Crippen molar-refractivity contribution in [2.45, 2.75) is 32.5 Å². The minimum absolute atomic E-state index is 0. The lowest BCUT2D eigenvalue weighted by Crippen LogP contribution is -2.39. The molecule has 114 valence electrons. The van der Waals surface area contributed by atoms with Crippen molar-refractivity contribution in [3.05, 3.63) is 35.9 Å². The Bertz CT molecular complexity index is 353. The molecule has 0 radical (unpaired) electrons. The summed E-state index contributed by atoms with van der Waals surface area (Å²) < 4.78 is 5.57. The van der Waals surface area contributed by atoms with Crippen LogP contribution in [0.5, 0.6) is 0 Å². The third-order valence-electron chi connectivity index (χ3n) is 3.77. The Morgan fingerprint density at radius 2 is 1.90 bits per heavy atom. The predicted molar refractivity (Wildman–Crippen MR) is 84.2 cm³/mol. The van der Waals surface area contributed by atoms with Crippen molar-refractivity contribution < 1.29 is 9.84 Å². The zero-order valence-corrected chi connectivity index (χ0v) is 13.0. The molecule has 4 heteroatoms. The Labute approximate surface area is 128 Å². The van der Waals surface area contributed by atoms with Crippen molar-refractivity contribution in [1.82, 2.24) is 4.90 Å². The van der Waals surface area contributed by atoms with E-state index < -0.39 is 0 Å². The number of halogens is 1. The van der Waals surface area contributed by atoms with Crippen molar-refractivity contribution in [1.29, 1.82) is 0 Å². The quantitative estimate of drug-likeness (QED) is 0.877. The molecule has 3 nitrogen and oxygen atoms in total. The lowest BCUT2D eigenvalue weighted by Gasteiger charge is -2.31. The fourth-order valence-electron chi connectivity index (χ4n) is 2.48. The zero-order valence-electron chi connectivity index (χ0n) is 12.2. The average molecular weight is 300 g/mol. The number of piperidine rings is 1. The fourth-order valence-corrected chi connectivity index (χ4v) is 2.48. The summed E-state index contributed by atoms with van der Waals surface area (Å²) in [5.41, 5.74) is 1.15. The molecule has 1 unspecified atom stereocenters. The molecule has 1 saturated heterocycles. The first-order valence-electron chi connectivity index (χ1n) is 7.26. The van der Waals surface area contributed by atoms with Crippen LogP contribution in [0.25, 0.3) is 0 Å². The molecule has 1 aromatic rings. The van der Waals surface area contributed by atoms with Crippen LogP contribution >= 0.6 is 12.4 Å². The van der Waals surface area contributed by atoms with Crippen LogP contribution in [0, 0.1) is 5.92 Å². The van der Waals surface area contributed by atoms with Crippen LogP contribution in [-0.2, 0) is 11.3 Å². The molecule has 1 atom stereocenters. The average Bonchev–Trinajstić information content (AvgIpc) is 2.43. The number of benzene rings is 1. The minimum Gasteiger partial charge on any atom is -0.389 e. The number of aliphatic hydroxyl groups excluding tert-OH is 1. The Kier molecular flexibility index (Phi) is 8.15. The SMILES string of the molecule is CC1CCN(CC(O)COCc2ccccc2)CC1.Cl. The number of β-amino-alcohol motifs (C(OH)–C–C–N with tert-alkyl or cyclic N) is 1. The minimum atomic E-state index is -0.378. The van der Waals surface area contributed by atoms with Crippen LogP contribution in [0.1, 0.15) is 25.3 Å². The molecular weight excluding hydrogens is 274 g/mol. The van der Waals surface area contributed by atoms with E-state index in [9.17, 15) is 5.11 Å². The topological polar surface area (TPSA) is 32.7 Å². The summed E-state index contributed by atoms with van der Waals surface area (Å²) in [7, 11) is 0. The van der Waals surface area contributed by atoms with Crippen molar-refractivity contribution in [3.63, 3.8) is 0 Å². The standard InChI is InChI=1S/C16H25NO2.ClH/c1-14-7-9-17(10-8-14)11-16(18)13-19-12-15-5-3-2-4-6-15;/h2-6,14,16,18H,7-13H2,1H3;1H. The summed E-state index contributed by atoms with van der Waals surface area (Å²) in [6, 6.07) is 10.1. The molecule has 1 N–H and O–H groups in total. The van der Waals surface area contributed by atoms with Crippen molar-refractivity contribution >= 4 is 12.4 Å². The van der Waals surface area contributed by atoms with Crippen molar-refractivity contribution in [3.8, 4) is 0 Å². The van der Waals surface area contributed by atoms with Gasteiger partial charge >= 0.3 is 0 Å². The Morgan fingerprint density at radius 3 is 2.55 bits per heavy atom. The second-order valence-corrected chi connectivity index (χ2v) is 5.64. The molecule has 0 aliphatic carbocycles. The van der Waals surface area contributed by atoms with E-state index in [0.29, 0.717) is 13.2 Å². The number of aliphatic hydroxyl groups is 1. The van der Waals surface area contributed by atoms with Gasteiger partial charge in [-0.05, 0) is 37.4 Å². The third-order valence-corrected chi connectivity index (χ3v) is 3.77. The maximum absolute atomic E-state index is 9.98. The van der Waals surface area contributed by atoms with Gasteiger partial charge in [0.15, 0.2) is 0 Å². The first-order chi connectivity index (χ1) is 9.24. The van der Waals surface area contributed by atoms with Gasteiger partial charge in [-0.2, -0.15) is 0 Å². The molecule has 0 bridgehead atoms. The molecule has 1 aromatic carbocycles. The Balaban J connectivity index is 0.00000200. The van der Waals surface area contributed by atoms with Gasteiger partial charge in [0.05, 0.1) is 19.3 Å². The first-order valence-corrected chi connectivity index (χ1v) is 7.26. The van der Waals surface area contributed by atoms with Crippen molar-refractivity contribution in [2.75, 3.05) is 26.2 Å². The van der Waals surface area contributed by atoms with E-state index >= 15 is 0 Å². The van der Waals surface area contributed by atoms with E-state index in [1.165, 1.54) is 12.8 Å². The highest BCUT2D eigenvalue weighted by atomic mass is 35.5. The maximum atomic E-state index is 9.98. The molecule has 1 aliphatic rings. The van der Waals surface area contributed by atoms with Crippen LogP contribution in [0.2, 0.25) is 0 Å². The first kappa shape index (κ1) is 17.4. The Hall–Kier alpha value is -0.610. The van der Waals surface area contributed by atoms with Crippen LogP contribution in [-0.4, -0.2) is 42.4 Å². The highest BCUT2D eigenvalue weighted by molar-refractivity contribution is 5.85. The van der Waals surface area contributed by atoms with E-state index in [4.69, 9.17) is 4.74 Å². The van der Waals surface area contributed by atoms with E-state index in [1.807, 2.05) is 30.3 Å². The van der Waals surface area contributed by atoms with Gasteiger partial charge in [-0.1, -0.05) is 37.3 Å². The van der Waals surface area contributed by atoms with E-state index in [2.05, 4.69) is 11.8 Å². The predicted octanol–water partition coefficient (Wildman–Crippen LogP) is 2.72. The molecule has 1 aliphatic heterocycles. The van der Waals surface area contributed by atoms with Gasteiger partial charge in [-0.15, -0.1) is 12.4 Å². The third kappa shape index (κ3) is 6.23. The highest BCUT2D eigenvalue weighted by Gasteiger charge is 2.18. The normalized spacial score (nSPS) is 18.5. The summed E-state index contributed by atoms with van der Waals surface area (Å²) in [6.07, 6.45) is 2.12. The number of likely N-dealkylation sites (tertiary alicyclic amines) is 1. The summed E-state index contributed by atoms with van der Waals surface area (Å²) in [6.45, 7) is 6.25. The zero-order chi connectivity index (χ0) is 13.5. The lowest BCUT2D eigenvalue weighted by atomic mass is 9.99. The number of hydrogen-bond donors (Lipinski definition) is 1. The van der Waals surface area contributed by atoms with Gasteiger partial charge in [-0.25, -0.2) is 0 Å². The van der Waals surface area contributed by atoms with Gasteiger partial charge in [0.1, 0.15) is 0 Å². The highest BCUT2D eigenvalue weighted by Crippen LogP contribution is 2.16. The van der Waals surface area contributed by atoms with Crippen LogP contribution in [0.15, 0.2) is 30.3 Å². The van der Waals surface area contributed by atoms with E-state index in [-0.39, 0.29) is 18.5 Å². The summed E-state index contributed by atoms with van der Waals surface area (Å²) in [5, 5.41) is 9.98. The summed E-state index contributed by atoms with van der Waals surface area (Å²) in [4.78, 5) is 2.34. The second kappa shape index (κ2) is 9.35. The van der Waals surface area contributed by atoms with Crippen LogP contribution in [0.4, 0.5) is 0 Å². The molecule has 2 rings (SSSR count). The molecular formula is C16H26ClNO2. The second-order valence-electron chi connectivity index (χ2n) is 5.64. The molecule has 0 aromatic heterocycles. The largest absolute Gasteiger partial charge is 0.389 e. The molecule has 1 fully saturated rings. The van der Waals surface area contributed by atoms with Crippen molar-refractivity contribution in [2.24, 2.45) is 5.92 Å². The van der Waals surface area contributed by atoms with Gasteiger partial charge in [0.2, 0.25) is 0 Å². The molecule has 1 heterocycles.